The fourth-order valence-corrected chi connectivity index (χ4v) is 4.05. The predicted molar refractivity (Wildman–Crippen MR) is 116 cm³/mol. The number of alkyl carbamates (subject to hydrolysis) is 1. The number of nitrogens with one attached hydrogen (secondary N) is 1. The molecule has 0 bridgehead atoms. The third kappa shape index (κ3) is 6.12. The maximum absolute atomic E-state index is 13.5. The molecule has 3 N–H and O–H groups in total. The molecule has 1 aliphatic carbocycles. The van der Waals surface area contributed by atoms with Gasteiger partial charge in [-0.15, -0.1) is 0 Å². The lowest BCUT2D eigenvalue weighted by molar-refractivity contribution is -0.161. The zero-order valence-electron chi connectivity index (χ0n) is 19.0. The van der Waals surface area contributed by atoms with Gasteiger partial charge in [0.15, 0.2) is 0 Å². The van der Waals surface area contributed by atoms with E-state index in [1.54, 1.807) is 39.8 Å². The maximum atomic E-state index is 13.5. The summed E-state index contributed by atoms with van der Waals surface area (Å²) in [5.74, 6) is -1.41. The van der Waals surface area contributed by atoms with Gasteiger partial charge in [-0.1, -0.05) is 25.3 Å². The van der Waals surface area contributed by atoms with Crippen molar-refractivity contribution in [3.63, 3.8) is 0 Å². The van der Waals surface area contributed by atoms with E-state index in [4.69, 9.17) is 4.74 Å². The second-order valence-corrected chi connectivity index (χ2v) is 9.31. The Kier molecular flexibility index (Phi) is 7.57. The van der Waals surface area contributed by atoms with Crippen LogP contribution in [-0.2, 0) is 20.7 Å². The minimum absolute atomic E-state index is 0.105. The largest absolute Gasteiger partial charge is 0.508 e. The summed E-state index contributed by atoms with van der Waals surface area (Å²) < 4.78 is 5.33. The van der Waals surface area contributed by atoms with Crippen LogP contribution in [0.1, 0.15) is 64.0 Å². The van der Waals surface area contributed by atoms with E-state index in [1.165, 1.54) is 18.0 Å². The average molecular weight is 435 g/mol. The molecule has 1 aromatic rings. The fourth-order valence-electron chi connectivity index (χ4n) is 4.05. The predicted octanol–water partition coefficient (Wildman–Crippen LogP) is 3.38. The van der Waals surface area contributed by atoms with Gasteiger partial charge in [-0.2, -0.15) is 0 Å². The summed E-state index contributed by atoms with van der Waals surface area (Å²) >= 11 is 0. The fraction of sp³-hybridized carbons (Fsp3) is 0.609. The molecule has 0 heterocycles. The van der Waals surface area contributed by atoms with Crippen molar-refractivity contribution < 1.29 is 29.3 Å². The Morgan fingerprint density at radius 2 is 1.81 bits per heavy atom. The van der Waals surface area contributed by atoms with Crippen LogP contribution in [0.4, 0.5) is 4.79 Å². The number of amides is 2. The third-order valence-corrected chi connectivity index (χ3v) is 5.79. The number of carboxylic acid groups (broad SMARTS) is 1. The van der Waals surface area contributed by atoms with Crippen LogP contribution in [0.25, 0.3) is 0 Å². The molecular weight excluding hydrogens is 400 g/mol. The Morgan fingerprint density at radius 3 is 2.32 bits per heavy atom. The molecule has 172 valence electrons. The number of likely N-dealkylation sites (N-methyl/N-ethyl adjacent to an activating group) is 1. The molecule has 0 aliphatic heterocycles. The molecule has 0 saturated heterocycles. The number of ether oxygens (including phenoxy) is 1. The van der Waals surface area contributed by atoms with Crippen molar-refractivity contribution in [3.05, 3.63) is 29.3 Å². The van der Waals surface area contributed by atoms with Gasteiger partial charge in [0.1, 0.15) is 22.9 Å². The van der Waals surface area contributed by atoms with Crippen LogP contribution in [0.5, 0.6) is 5.75 Å². The van der Waals surface area contributed by atoms with Gasteiger partial charge in [0.05, 0.1) is 0 Å². The SMILES string of the molecule is Cc1cc(O)ccc1C[C@H](NC(=O)OC(C)(C)C)C(=O)N(C)C1(C(=O)O)CCCCC1. The van der Waals surface area contributed by atoms with Crippen LogP contribution < -0.4 is 5.32 Å². The number of aliphatic carboxylic acids is 1. The van der Waals surface area contributed by atoms with E-state index in [1.807, 2.05) is 0 Å². The summed E-state index contributed by atoms with van der Waals surface area (Å²) in [7, 11) is 1.50. The van der Waals surface area contributed by atoms with Crippen LogP contribution in [-0.4, -0.2) is 57.3 Å². The Labute approximate surface area is 183 Å². The quantitative estimate of drug-likeness (QED) is 0.632. The van der Waals surface area contributed by atoms with Gasteiger partial charge in [-0.3, -0.25) is 4.79 Å². The van der Waals surface area contributed by atoms with Gasteiger partial charge in [-0.25, -0.2) is 9.59 Å². The van der Waals surface area contributed by atoms with Crippen molar-refractivity contribution >= 4 is 18.0 Å². The molecule has 1 aromatic carbocycles. The highest BCUT2D eigenvalue weighted by molar-refractivity contribution is 5.91. The van der Waals surface area contributed by atoms with E-state index in [0.717, 1.165) is 30.4 Å². The minimum Gasteiger partial charge on any atom is -0.508 e. The number of aromatic hydroxyl groups is 1. The number of hydrogen-bond donors (Lipinski definition) is 3. The van der Waals surface area contributed by atoms with Crippen LogP contribution in [0.3, 0.4) is 0 Å². The smallest absolute Gasteiger partial charge is 0.408 e. The van der Waals surface area contributed by atoms with Crippen LogP contribution >= 0.6 is 0 Å². The number of carbonyl (C=O) groups is 3. The highest BCUT2D eigenvalue weighted by atomic mass is 16.6. The lowest BCUT2D eigenvalue weighted by atomic mass is 9.80. The van der Waals surface area contributed by atoms with Gasteiger partial charge < -0.3 is 25.2 Å². The molecule has 0 aromatic heterocycles. The number of rotatable bonds is 6. The van der Waals surface area contributed by atoms with Crippen molar-refractivity contribution in [1.82, 2.24) is 10.2 Å². The zero-order chi connectivity index (χ0) is 23.4. The van der Waals surface area contributed by atoms with Gasteiger partial charge >= 0.3 is 12.1 Å². The summed E-state index contributed by atoms with van der Waals surface area (Å²) in [4.78, 5) is 39.4. The van der Waals surface area contributed by atoms with Crippen molar-refractivity contribution in [1.29, 1.82) is 0 Å². The highest BCUT2D eigenvalue weighted by Gasteiger charge is 2.47. The summed E-state index contributed by atoms with van der Waals surface area (Å²) in [5, 5.41) is 22.3. The van der Waals surface area contributed by atoms with Crippen LogP contribution in [0.2, 0.25) is 0 Å². The normalized spacial score (nSPS) is 16.8. The van der Waals surface area contributed by atoms with Crippen LogP contribution in [0.15, 0.2) is 18.2 Å². The Morgan fingerprint density at radius 1 is 1.19 bits per heavy atom. The number of phenolic OH excluding ortho intramolecular Hbond substituents is 1. The van der Waals surface area contributed by atoms with E-state index in [2.05, 4.69) is 5.32 Å². The van der Waals surface area contributed by atoms with Crippen molar-refractivity contribution in [2.45, 2.75) is 83.4 Å². The van der Waals surface area contributed by atoms with Gasteiger partial charge in [-0.05, 0) is 63.8 Å². The van der Waals surface area contributed by atoms with Crippen molar-refractivity contribution in [3.8, 4) is 5.75 Å². The number of hydrogen-bond acceptors (Lipinski definition) is 5. The topological polar surface area (TPSA) is 116 Å². The number of phenols is 1. The van der Waals surface area contributed by atoms with Crippen molar-refractivity contribution in [2.24, 2.45) is 0 Å². The molecule has 2 rings (SSSR count). The summed E-state index contributed by atoms with van der Waals surface area (Å²) in [6.07, 6.45) is 2.54. The number of nitrogens with zero attached hydrogens (tertiary/aromatic N) is 1. The standard InChI is InChI=1S/C23H34N2O6/c1-15-13-17(26)10-9-16(15)14-18(24-21(30)31-22(2,3)4)19(27)25(5)23(20(28)29)11-7-6-8-12-23/h9-10,13,18,26H,6-8,11-12,14H2,1-5H3,(H,24,30)(H,28,29)/t18-/m0/s1. The van der Waals surface area contributed by atoms with E-state index in [-0.39, 0.29) is 12.2 Å². The average Bonchev–Trinajstić information content (AvgIpc) is 2.67. The second kappa shape index (κ2) is 9.58. The molecule has 1 saturated carbocycles. The number of aryl methyl sites for hydroxylation is 1. The third-order valence-electron chi connectivity index (χ3n) is 5.79. The Bertz CT molecular complexity index is 824. The molecule has 1 fully saturated rings. The van der Waals surface area contributed by atoms with E-state index < -0.39 is 35.2 Å². The molecule has 0 unspecified atom stereocenters. The number of carboxylic acids is 1. The summed E-state index contributed by atoms with van der Waals surface area (Å²) in [6, 6.07) is 3.77. The molecule has 31 heavy (non-hydrogen) atoms. The molecule has 0 spiro atoms. The first-order valence-corrected chi connectivity index (χ1v) is 10.6. The maximum Gasteiger partial charge on any atom is 0.408 e. The molecule has 0 radical (unpaired) electrons. The van der Waals surface area contributed by atoms with Gasteiger partial charge in [0.2, 0.25) is 5.91 Å². The van der Waals surface area contributed by atoms with E-state index in [9.17, 15) is 24.6 Å². The molecule has 8 heteroatoms. The summed E-state index contributed by atoms with van der Waals surface area (Å²) in [5.41, 5.74) is -0.512. The van der Waals surface area contributed by atoms with Crippen molar-refractivity contribution in [2.75, 3.05) is 7.05 Å². The molecule has 8 nitrogen and oxygen atoms in total. The first kappa shape index (κ1) is 24.5. The first-order chi connectivity index (χ1) is 14.4. The number of benzene rings is 1. The van der Waals surface area contributed by atoms with E-state index in [0.29, 0.717) is 12.8 Å². The molecular formula is C23H34N2O6. The minimum atomic E-state index is -1.28. The lowest BCUT2D eigenvalue weighted by Crippen LogP contribution is -2.61. The van der Waals surface area contributed by atoms with E-state index >= 15 is 0 Å². The molecule has 1 aliphatic rings. The second-order valence-electron chi connectivity index (χ2n) is 9.31. The zero-order valence-corrected chi connectivity index (χ0v) is 19.0. The lowest BCUT2D eigenvalue weighted by Gasteiger charge is -2.42. The Balaban J connectivity index is 2.33. The molecule has 2 amide bonds. The van der Waals surface area contributed by atoms with Gasteiger partial charge in [0, 0.05) is 13.5 Å². The highest BCUT2D eigenvalue weighted by Crippen LogP contribution is 2.34. The Hall–Kier alpha value is -2.77. The number of carbonyl (C=O) groups excluding carboxylic acids is 2. The van der Waals surface area contributed by atoms with Gasteiger partial charge in [0.25, 0.3) is 0 Å². The first-order valence-electron chi connectivity index (χ1n) is 10.6. The molecule has 1 atom stereocenters. The summed E-state index contributed by atoms with van der Waals surface area (Å²) in [6.45, 7) is 6.97. The van der Waals surface area contributed by atoms with Crippen LogP contribution in [0, 0.1) is 6.92 Å². The monoisotopic (exact) mass is 434 g/mol.